The Labute approximate surface area is 117 Å². The maximum absolute atomic E-state index is 5.43. The molecule has 2 aromatic heterocycles. The largest absolute Gasteiger partial charge is 0.497 e. The Morgan fingerprint density at radius 1 is 1.10 bits per heavy atom. The molecule has 0 amide bonds. The first-order valence-electron chi connectivity index (χ1n) is 6.29. The van der Waals surface area contributed by atoms with Crippen molar-refractivity contribution in [2.75, 3.05) is 14.2 Å². The van der Waals surface area contributed by atoms with E-state index in [1.54, 1.807) is 26.7 Å². The molecule has 102 valence electrons. The van der Waals surface area contributed by atoms with Crippen LogP contribution in [0.1, 0.15) is 5.56 Å². The van der Waals surface area contributed by atoms with Crippen LogP contribution in [0.15, 0.2) is 41.2 Å². The van der Waals surface area contributed by atoms with Crippen molar-refractivity contribution in [2.24, 2.45) is 0 Å². The van der Waals surface area contributed by atoms with Crippen molar-refractivity contribution >= 4 is 10.9 Å². The third kappa shape index (κ3) is 1.99. The molecule has 3 aromatic rings. The first kappa shape index (κ1) is 12.5. The van der Waals surface area contributed by atoms with Crippen LogP contribution in [0.3, 0.4) is 0 Å². The molecule has 1 aromatic carbocycles. The Hall–Kier alpha value is -2.49. The van der Waals surface area contributed by atoms with E-state index < -0.39 is 0 Å². The van der Waals surface area contributed by atoms with Gasteiger partial charge in [-0.05, 0) is 30.7 Å². The molecule has 0 aliphatic rings. The molecule has 0 saturated carbocycles. The zero-order valence-corrected chi connectivity index (χ0v) is 11.6. The van der Waals surface area contributed by atoms with Gasteiger partial charge in [-0.25, -0.2) is 4.98 Å². The average Bonchev–Trinajstić information content (AvgIpc) is 3.00. The van der Waals surface area contributed by atoms with Crippen molar-refractivity contribution in [1.82, 2.24) is 4.98 Å². The Balaban J connectivity index is 2.30. The van der Waals surface area contributed by atoms with Crippen LogP contribution in [0.25, 0.3) is 22.2 Å². The molecule has 4 heteroatoms. The predicted octanol–water partition coefficient (Wildman–Crippen LogP) is 3.82. The molecule has 20 heavy (non-hydrogen) atoms. The minimum Gasteiger partial charge on any atom is -0.497 e. The van der Waals surface area contributed by atoms with E-state index in [0.717, 1.165) is 33.5 Å². The van der Waals surface area contributed by atoms with Crippen LogP contribution < -0.4 is 9.47 Å². The molecular weight excluding hydrogens is 254 g/mol. The first-order valence-corrected chi connectivity index (χ1v) is 6.29. The van der Waals surface area contributed by atoms with Gasteiger partial charge in [-0.3, -0.25) is 0 Å². The van der Waals surface area contributed by atoms with Crippen LogP contribution in [0, 0.1) is 6.92 Å². The second kappa shape index (κ2) is 4.89. The Bertz CT molecular complexity index is 748. The summed E-state index contributed by atoms with van der Waals surface area (Å²) in [5.41, 5.74) is 3.76. The lowest BCUT2D eigenvalue weighted by Gasteiger charge is -2.11. The summed E-state index contributed by atoms with van der Waals surface area (Å²) in [6, 6.07) is 7.74. The maximum Gasteiger partial charge on any atom is 0.148 e. The van der Waals surface area contributed by atoms with Gasteiger partial charge >= 0.3 is 0 Å². The van der Waals surface area contributed by atoms with Gasteiger partial charge < -0.3 is 13.9 Å². The number of hydrogen-bond donors (Lipinski definition) is 0. The minimum absolute atomic E-state index is 0.702. The smallest absolute Gasteiger partial charge is 0.148 e. The Kier molecular flexibility index (Phi) is 3.06. The highest BCUT2D eigenvalue weighted by Crippen LogP contribution is 2.34. The summed E-state index contributed by atoms with van der Waals surface area (Å²) >= 11 is 0. The van der Waals surface area contributed by atoms with Crippen molar-refractivity contribution in [2.45, 2.75) is 6.92 Å². The third-order valence-corrected chi connectivity index (χ3v) is 3.33. The second-order valence-electron chi connectivity index (χ2n) is 4.56. The summed E-state index contributed by atoms with van der Waals surface area (Å²) in [5.74, 6) is 1.46. The molecule has 4 nitrogen and oxygen atoms in total. The van der Waals surface area contributed by atoms with Gasteiger partial charge in [0.1, 0.15) is 17.0 Å². The van der Waals surface area contributed by atoms with Crippen molar-refractivity contribution in [1.29, 1.82) is 0 Å². The molecule has 3 rings (SSSR count). The number of benzene rings is 1. The van der Waals surface area contributed by atoms with E-state index in [-0.39, 0.29) is 0 Å². The molecule has 0 saturated heterocycles. The highest BCUT2D eigenvalue weighted by Gasteiger charge is 2.12. The van der Waals surface area contributed by atoms with Crippen LogP contribution in [0.4, 0.5) is 0 Å². The summed E-state index contributed by atoms with van der Waals surface area (Å²) in [5, 5.41) is 1.02. The molecule has 0 unspecified atom stereocenters. The topological polar surface area (TPSA) is 44.5 Å². The monoisotopic (exact) mass is 269 g/mol. The van der Waals surface area contributed by atoms with E-state index in [1.165, 1.54) is 0 Å². The molecule has 2 heterocycles. The number of pyridine rings is 1. The molecule has 0 radical (unpaired) electrons. The third-order valence-electron chi connectivity index (χ3n) is 3.33. The summed E-state index contributed by atoms with van der Waals surface area (Å²) in [7, 11) is 3.28. The van der Waals surface area contributed by atoms with Gasteiger partial charge in [0.15, 0.2) is 0 Å². The summed E-state index contributed by atoms with van der Waals surface area (Å²) < 4.78 is 15.9. The van der Waals surface area contributed by atoms with Crippen LogP contribution in [-0.2, 0) is 0 Å². The van der Waals surface area contributed by atoms with Gasteiger partial charge in [-0.1, -0.05) is 0 Å². The number of furan rings is 1. The molecule has 0 spiro atoms. The van der Waals surface area contributed by atoms with Gasteiger partial charge in [0.25, 0.3) is 0 Å². The van der Waals surface area contributed by atoms with Gasteiger partial charge in [0.05, 0.1) is 32.4 Å². The lowest BCUT2D eigenvalue weighted by atomic mass is 10.1. The van der Waals surface area contributed by atoms with Crippen molar-refractivity contribution in [3.05, 3.63) is 42.4 Å². The molecule has 0 aliphatic heterocycles. The summed E-state index contributed by atoms with van der Waals surface area (Å²) in [6.07, 6.45) is 3.32. The number of fused-ring (bicyclic) bond motifs is 1. The standard InChI is InChI=1S/C16H15NO3/c1-10-6-14(11-4-5-20-9-11)17-16-13(10)7-12(18-2)8-15(16)19-3/h4-9H,1-3H3. The lowest BCUT2D eigenvalue weighted by molar-refractivity contribution is 0.397. The van der Waals surface area contributed by atoms with E-state index in [4.69, 9.17) is 13.9 Å². The highest BCUT2D eigenvalue weighted by atomic mass is 16.5. The van der Waals surface area contributed by atoms with Crippen LogP contribution >= 0.6 is 0 Å². The van der Waals surface area contributed by atoms with E-state index in [9.17, 15) is 0 Å². The van der Waals surface area contributed by atoms with Crippen LogP contribution in [0.5, 0.6) is 11.5 Å². The number of rotatable bonds is 3. The zero-order chi connectivity index (χ0) is 14.1. The van der Waals surface area contributed by atoms with Crippen molar-refractivity contribution in [3.8, 4) is 22.8 Å². The van der Waals surface area contributed by atoms with Gasteiger partial charge in [0, 0.05) is 17.0 Å². The fourth-order valence-corrected chi connectivity index (χ4v) is 2.27. The number of nitrogens with zero attached hydrogens (tertiary/aromatic N) is 1. The number of ether oxygens (including phenoxy) is 2. The first-order chi connectivity index (χ1) is 9.72. The molecule has 0 fully saturated rings. The SMILES string of the molecule is COc1cc(OC)c2nc(-c3ccoc3)cc(C)c2c1. The van der Waals surface area contributed by atoms with E-state index in [0.29, 0.717) is 5.75 Å². The number of methoxy groups -OCH3 is 2. The van der Waals surface area contributed by atoms with Gasteiger partial charge in [-0.2, -0.15) is 0 Å². The van der Waals surface area contributed by atoms with E-state index in [2.05, 4.69) is 4.98 Å². The second-order valence-corrected chi connectivity index (χ2v) is 4.56. The molecule has 0 aliphatic carbocycles. The van der Waals surface area contributed by atoms with Crippen molar-refractivity contribution < 1.29 is 13.9 Å². The van der Waals surface area contributed by atoms with E-state index >= 15 is 0 Å². The molecule has 0 bridgehead atoms. The average molecular weight is 269 g/mol. The number of hydrogen-bond acceptors (Lipinski definition) is 4. The fraction of sp³-hybridized carbons (Fsp3) is 0.188. The summed E-state index contributed by atoms with van der Waals surface area (Å²) in [6.45, 7) is 2.05. The Morgan fingerprint density at radius 2 is 1.95 bits per heavy atom. The minimum atomic E-state index is 0.702. The normalized spacial score (nSPS) is 10.8. The molecule has 0 N–H and O–H groups in total. The van der Waals surface area contributed by atoms with Crippen LogP contribution in [0.2, 0.25) is 0 Å². The van der Waals surface area contributed by atoms with E-state index in [1.807, 2.05) is 31.2 Å². The van der Waals surface area contributed by atoms with Gasteiger partial charge in [0.2, 0.25) is 0 Å². The Morgan fingerprint density at radius 3 is 2.60 bits per heavy atom. The zero-order valence-electron chi connectivity index (χ0n) is 11.6. The number of aromatic nitrogens is 1. The van der Waals surface area contributed by atoms with Gasteiger partial charge in [-0.15, -0.1) is 0 Å². The quantitative estimate of drug-likeness (QED) is 0.725. The highest BCUT2D eigenvalue weighted by molar-refractivity contribution is 5.91. The summed E-state index contributed by atoms with van der Waals surface area (Å²) in [4.78, 5) is 4.68. The predicted molar refractivity (Wildman–Crippen MR) is 77.3 cm³/mol. The van der Waals surface area contributed by atoms with Crippen molar-refractivity contribution in [3.63, 3.8) is 0 Å². The number of aryl methyl sites for hydroxylation is 1. The fourth-order valence-electron chi connectivity index (χ4n) is 2.27. The van der Waals surface area contributed by atoms with Crippen LogP contribution in [-0.4, -0.2) is 19.2 Å². The molecular formula is C16H15NO3. The molecule has 0 atom stereocenters. The lowest BCUT2D eigenvalue weighted by Crippen LogP contribution is -1.94. The maximum atomic E-state index is 5.43.